The average molecular weight is 231 g/mol. The fourth-order valence-electron chi connectivity index (χ4n) is 1.91. The average Bonchev–Trinajstić information content (AvgIpc) is 2.26. The molecule has 1 unspecified atom stereocenters. The second-order valence-corrected chi connectivity index (χ2v) is 5.73. The maximum Gasteiger partial charge on any atom is 0.0476 e. The molecule has 0 saturated carbocycles. The summed E-state index contributed by atoms with van der Waals surface area (Å²) in [5.74, 6) is 1.25. The zero-order valence-electron chi connectivity index (χ0n) is 10.1. The lowest BCUT2D eigenvalue weighted by Crippen LogP contribution is -2.28. The number of rotatable bonds is 7. The van der Waals surface area contributed by atoms with Crippen molar-refractivity contribution in [1.29, 1.82) is 0 Å². The molecule has 1 aliphatic heterocycles. The van der Waals surface area contributed by atoms with Gasteiger partial charge in [0.05, 0.1) is 0 Å². The molecule has 15 heavy (non-hydrogen) atoms. The van der Waals surface area contributed by atoms with Crippen molar-refractivity contribution in [2.45, 2.75) is 50.8 Å². The normalized spacial score (nSPS) is 20.4. The van der Waals surface area contributed by atoms with Crippen LogP contribution in [0.2, 0.25) is 0 Å². The van der Waals surface area contributed by atoms with Crippen LogP contribution < -0.4 is 5.32 Å². The van der Waals surface area contributed by atoms with Crippen molar-refractivity contribution in [3.8, 4) is 0 Å². The van der Waals surface area contributed by atoms with Crippen LogP contribution in [0.15, 0.2) is 0 Å². The Bertz CT molecular complexity index is 149. The van der Waals surface area contributed by atoms with E-state index in [0.717, 1.165) is 25.0 Å². The van der Waals surface area contributed by atoms with Gasteiger partial charge in [0.2, 0.25) is 0 Å². The molecule has 0 bridgehead atoms. The van der Waals surface area contributed by atoms with E-state index in [-0.39, 0.29) is 0 Å². The van der Waals surface area contributed by atoms with Crippen molar-refractivity contribution in [2.24, 2.45) is 0 Å². The predicted molar refractivity (Wildman–Crippen MR) is 68.7 cm³/mol. The molecule has 1 aliphatic rings. The molecule has 2 nitrogen and oxygen atoms in total. The van der Waals surface area contributed by atoms with Crippen LogP contribution in [0, 0.1) is 0 Å². The molecule has 1 saturated heterocycles. The van der Waals surface area contributed by atoms with Crippen LogP contribution in [0.3, 0.4) is 0 Å². The SMILES string of the molecule is CCCC(C)NCCSC1CCOCC1. The van der Waals surface area contributed by atoms with Crippen molar-refractivity contribution in [1.82, 2.24) is 5.32 Å². The summed E-state index contributed by atoms with van der Waals surface area (Å²) in [5, 5.41) is 4.42. The van der Waals surface area contributed by atoms with E-state index >= 15 is 0 Å². The summed E-state index contributed by atoms with van der Waals surface area (Å²) in [7, 11) is 0. The van der Waals surface area contributed by atoms with Gasteiger partial charge in [-0.25, -0.2) is 0 Å². The fourth-order valence-corrected chi connectivity index (χ4v) is 3.00. The van der Waals surface area contributed by atoms with E-state index < -0.39 is 0 Å². The maximum atomic E-state index is 5.35. The third kappa shape index (κ3) is 6.44. The maximum absolute atomic E-state index is 5.35. The molecule has 0 aromatic rings. The largest absolute Gasteiger partial charge is 0.381 e. The highest BCUT2D eigenvalue weighted by Crippen LogP contribution is 2.21. The number of hydrogen-bond acceptors (Lipinski definition) is 3. The van der Waals surface area contributed by atoms with E-state index in [0.29, 0.717) is 6.04 Å². The Balaban J connectivity index is 1.91. The first-order chi connectivity index (χ1) is 7.33. The van der Waals surface area contributed by atoms with Crippen molar-refractivity contribution in [3.63, 3.8) is 0 Å². The number of nitrogens with one attached hydrogen (secondary N) is 1. The molecule has 0 aliphatic carbocycles. The molecule has 0 amide bonds. The van der Waals surface area contributed by atoms with Crippen LogP contribution >= 0.6 is 11.8 Å². The Morgan fingerprint density at radius 1 is 1.40 bits per heavy atom. The summed E-state index contributed by atoms with van der Waals surface area (Å²) in [4.78, 5) is 0. The lowest BCUT2D eigenvalue weighted by atomic mass is 10.2. The van der Waals surface area contributed by atoms with E-state index in [4.69, 9.17) is 4.74 Å². The Morgan fingerprint density at radius 2 is 2.13 bits per heavy atom. The molecule has 1 rings (SSSR count). The van der Waals surface area contributed by atoms with E-state index in [1.807, 2.05) is 0 Å². The molecule has 1 heterocycles. The molecule has 3 heteroatoms. The smallest absolute Gasteiger partial charge is 0.0476 e. The monoisotopic (exact) mass is 231 g/mol. The summed E-state index contributed by atoms with van der Waals surface area (Å²) in [6.07, 6.45) is 5.06. The Labute approximate surface area is 98.5 Å². The summed E-state index contributed by atoms with van der Waals surface area (Å²) >= 11 is 2.11. The highest BCUT2D eigenvalue weighted by Gasteiger charge is 2.13. The molecule has 0 aromatic heterocycles. The Morgan fingerprint density at radius 3 is 2.80 bits per heavy atom. The molecule has 0 aromatic carbocycles. The molecule has 0 radical (unpaired) electrons. The summed E-state index contributed by atoms with van der Waals surface area (Å²) in [6, 6.07) is 0.685. The van der Waals surface area contributed by atoms with Crippen LogP contribution in [0.25, 0.3) is 0 Å². The molecular formula is C12H25NOS. The zero-order chi connectivity index (χ0) is 10.9. The summed E-state index contributed by atoms with van der Waals surface area (Å²) in [6.45, 7) is 7.62. The lowest BCUT2D eigenvalue weighted by molar-refractivity contribution is 0.100. The number of ether oxygens (including phenoxy) is 1. The molecule has 90 valence electrons. The van der Waals surface area contributed by atoms with Crippen molar-refractivity contribution >= 4 is 11.8 Å². The Hall–Kier alpha value is 0.270. The fraction of sp³-hybridized carbons (Fsp3) is 1.00. The molecular weight excluding hydrogens is 206 g/mol. The minimum Gasteiger partial charge on any atom is -0.381 e. The van der Waals surface area contributed by atoms with Crippen LogP contribution in [0.1, 0.15) is 39.5 Å². The van der Waals surface area contributed by atoms with Gasteiger partial charge in [-0.1, -0.05) is 13.3 Å². The second-order valence-electron chi connectivity index (χ2n) is 4.33. The van der Waals surface area contributed by atoms with Crippen molar-refractivity contribution < 1.29 is 4.74 Å². The van der Waals surface area contributed by atoms with Gasteiger partial charge in [-0.2, -0.15) is 11.8 Å². The quantitative estimate of drug-likeness (QED) is 0.681. The van der Waals surface area contributed by atoms with Crippen molar-refractivity contribution in [3.05, 3.63) is 0 Å². The predicted octanol–water partition coefficient (Wildman–Crippen LogP) is 2.68. The van der Waals surface area contributed by atoms with E-state index in [9.17, 15) is 0 Å². The van der Waals surface area contributed by atoms with Gasteiger partial charge in [-0.15, -0.1) is 0 Å². The van der Waals surface area contributed by atoms with Crippen LogP contribution in [-0.2, 0) is 4.74 Å². The highest BCUT2D eigenvalue weighted by molar-refractivity contribution is 7.99. The molecule has 1 N–H and O–H groups in total. The van der Waals surface area contributed by atoms with Gasteiger partial charge in [0.25, 0.3) is 0 Å². The first-order valence-electron chi connectivity index (χ1n) is 6.25. The first kappa shape index (κ1) is 13.3. The molecule has 1 fully saturated rings. The van der Waals surface area contributed by atoms with Gasteiger partial charge in [-0.3, -0.25) is 0 Å². The van der Waals surface area contributed by atoms with E-state index in [2.05, 4.69) is 30.9 Å². The molecule has 0 spiro atoms. The van der Waals surface area contributed by atoms with Crippen LogP contribution in [0.5, 0.6) is 0 Å². The zero-order valence-corrected chi connectivity index (χ0v) is 10.9. The van der Waals surface area contributed by atoms with Gasteiger partial charge in [-0.05, 0) is 26.2 Å². The van der Waals surface area contributed by atoms with Gasteiger partial charge < -0.3 is 10.1 Å². The summed E-state index contributed by atoms with van der Waals surface area (Å²) in [5.41, 5.74) is 0. The van der Waals surface area contributed by atoms with Gasteiger partial charge in [0.1, 0.15) is 0 Å². The van der Waals surface area contributed by atoms with E-state index in [1.54, 1.807) is 0 Å². The van der Waals surface area contributed by atoms with Gasteiger partial charge in [0.15, 0.2) is 0 Å². The van der Waals surface area contributed by atoms with Crippen molar-refractivity contribution in [2.75, 3.05) is 25.5 Å². The first-order valence-corrected chi connectivity index (χ1v) is 7.30. The van der Waals surface area contributed by atoms with Gasteiger partial charge >= 0.3 is 0 Å². The third-order valence-electron chi connectivity index (χ3n) is 2.84. The molecule has 1 atom stereocenters. The minimum atomic E-state index is 0.685. The third-order valence-corrected chi connectivity index (χ3v) is 4.22. The van der Waals surface area contributed by atoms with Gasteiger partial charge in [0, 0.05) is 36.8 Å². The topological polar surface area (TPSA) is 21.3 Å². The second kappa shape index (κ2) is 8.43. The minimum absolute atomic E-state index is 0.685. The lowest BCUT2D eigenvalue weighted by Gasteiger charge is -2.21. The number of thioether (sulfide) groups is 1. The van der Waals surface area contributed by atoms with Crippen LogP contribution in [-0.4, -0.2) is 36.8 Å². The summed E-state index contributed by atoms with van der Waals surface area (Å²) < 4.78 is 5.35. The number of hydrogen-bond donors (Lipinski definition) is 1. The highest BCUT2D eigenvalue weighted by atomic mass is 32.2. The Kier molecular flexibility index (Phi) is 7.49. The standard InChI is InChI=1S/C12H25NOS/c1-3-4-11(2)13-7-10-15-12-5-8-14-9-6-12/h11-13H,3-10H2,1-2H3. The van der Waals surface area contributed by atoms with E-state index in [1.165, 1.54) is 31.4 Å². The van der Waals surface area contributed by atoms with Crippen LogP contribution in [0.4, 0.5) is 0 Å².